The molecule has 0 bridgehead atoms. The summed E-state index contributed by atoms with van der Waals surface area (Å²) in [5, 5.41) is 5.20. The van der Waals surface area contributed by atoms with Crippen molar-refractivity contribution in [2.24, 2.45) is 0 Å². The molecule has 1 heterocycles. The molecule has 1 aromatic heterocycles. The minimum atomic E-state index is -0.323. The Bertz CT molecular complexity index is 1670. The first-order chi connectivity index (χ1) is 19.2. The summed E-state index contributed by atoms with van der Waals surface area (Å²) >= 11 is 12.7. The van der Waals surface area contributed by atoms with E-state index in [4.69, 9.17) is 32.8 Å². The Morgan fingerprint density at radius 3 is 2.08 bits per heavy atom. The van der Waals surface area contributed by atoms with Crippen LogP contribution in [0.15, 0.2) is 91.0 Å². The normalized spacial score (nSPS) is 11.3. The summed E-state index contributed by atoms with van der Waals surface area (Å²) in [6.45, 7) is 6.90. The molecule has 5 aromatic rings. The first-order valence-electron chi connectivity index (χ1n) is 12.7. The number of halogens is 2. The van der Waals surface area contributed by atoms with E-state index < -0.39 is 0 Å². The minimum Gasteiger partial charge on any atom is -0.345 e. The summed E-state index contributed by atoms with van der Waals surface area (Å²) in [5.74, 6) is -0.160. The Morgan fingerprint density at radius 2 is 1.45 bits per heavy atom. The number of aryl methyl sites for hydroxylation is 1. The summed E-state index contributed by atoms with van der Waals surface area (Å²) in [6, 6.07) is 30.0. The number of nitrogens with one attached hydrogen (secondary N) is 1. The second kappa shape index (κ2) is 12.8. The zero-order valence-electron chi connectivity index (χ0n) is 22.4. The molecule has 1 amide bonds. The molecule has 0 aliphatic heterocycles. The molecule has 5 rings (SSSR count). The van der Waals surface area contributed by atoms with E-state index in [1.54, 1.807) is 18.2 Å². The van der Waals surface area contributed by atoms with Crippen LogP contribution in [0.1, 0.15) is 45.7 Å². The van der Waals surface area contributed by atoms with Gasteiger partial charge in [-0.1, -0.05) is 83.9 Å². The van der Waals surface area contributed by atoms with Gasteiger partial charge in [0.15, 0.2) is 0 Å². The molecule has 5 nitrogen and oxygen atoms in total. The van der Waals surface area contributed by atoms with E-state index in [-0.39, 0.29) is 18.1 Å². The fourth-order valence-electron chi connectivity index (χ4n) is 4.89. The molecule has 0 unspecified atom stereocenters. The van der Waals surface area contributed by atoms with Crippen LogP contribution in [0.5, 0.6) is 0 Å². The molecule has 0 radical (unpaired) electrons. The molecule has 1 N–H and O–H groups in total. The molecular weight excluding hydrogens is 543 g/mol. The number of nitrogens with zero attached hydrogens (tertiary/aromatic N) is 1. The van der Waals surface area contributed by atoms with Crippen LogP contribution < -0.4 is 5.32 Å². The Morgan fingerprint density at radius 1 is 0.850 bits per heavy atom. The second-order valence-corrected chi connectivity index (χ2v) is 10.3. The number of carbonyl (C=O) groups excluding carboxylic acids is 3. The quantitative estimate of drug-likeness (QED) is 0.224. The zero-order valence-corrected chi connectivity index (χ0v) is 23.9. The van der Waals surface area contributed by atoms with Gasteiger partial charge >= 0.3 is 6.15 Å². The number of fused-ring (bicyclic) bond motifs is 1. The molecule has 40 heavy (non-hydrogen) atoms. The Kier molecular flexibility index (Phi) is 9.23. The van der Waals surface area contributed by atoms with Crippen LogP contribution in [0.25, 0.3) is 22.0 Å². The van der Waals surface area contributed by atoms with E-state index in [1.807, 2.05) is 31.2 Å². The van der Waals surface area contributed by atoms with Crippen molar-refractivity contribution in [3.05, 3.63) is 129 Å². The van der Waals surface area contributed by atoms with Gasteiger partial charge in [-0.05, 0) is 73.4 Å². The zero-order chi connectivity index (χ0) is 28.8. The standard InChI is InChI=1S/C32H28Cl2N2O.CO2/c1-20-22(3)36(19-23-12-14-25(15-13-23)24-8-5-4-6-9-24)30-17-16-26(18-27(20)30)32(37)35-21(2)31-28(33)10-7-11-29(31)34;2-1-3/h4-18,21H,19H2,1-3H3,(H,35,37);/t21-;/m0./s1. The first kappa shape index (κ1) is 28.8. The number of amides is 1. The van der Waals surface area contributed by atoms with Gasteiger partial charge in [0.1, 0.15) is 0 Å². The van der Waals surface area contributed by atoms with Crippen LogP contribution in [-0.2, 0) is 16.1 Å². The number of aromatic nitrogens is 1. The fourth-order valence-corrected chi connectivity index (χ4v) is 5.61. The lowest BCUT2D eigenvalue weighted by Crippen LogP contribution is -2.27. The molecular formula is C33H28Cl2N2O3. The summed E-state index contributed by atoms with van der Waals surface area (Å²) in [6.07, 6.45) is 0.250. The Hall–Kier alpha value is -4.15. The highest BCUT2D eigenvalue weighted by molar-refractivity contribution is 6.36. The molecule has 4 aromatic carbocycles. The summed E-state index contributed by atoms with van der Waals surface area (Å²) in [7, 11) is 0. The predicted molar refractivity (Wildman–Crippen MR) is 160 cm³/mol. The third kappa shape index (κ3) is 6.19. The highest BCUT2D eigenvalue weighted by atomic mass is 35.5. The van der Waals surface area contributed by atoms with Crippen molar-refractivity contribution in [1.82, 2.24) is 9.88 Å². The molecule has 0 spiro atoms. The van der Waals surface area contributed by atoms with E-state index >= 15 is 0 Å². The number of benzene rings is 4. The van der Waals surface area contributed by atoms with Gasteiger partial charge < -0.3 is 9.88 Å². The van der Waals surface area contributed by atoms with E-state index in [2.05, 4.69) is 72.3 Å². The topological polar surface area (TPSA) is 68.2 Å². The van der Waals surface area contributed by atoms with Gasteiger partial charge in [0.05, 0.1) is 6.04 Å². The van der Waals surface area contributed by atoms with E-state index in [1.165, 1.54) is 27.9 Å². The summed E-state index contributed by atoms with van der Waals surface area (Å²) in [5.41, 5.74) is 8.45. The van der Waals surface area contributed by atoms with Crippen molar-refractivity contribution < 1.29 is 14.4 Å². The molecule has 202 valence electrons. The van der Waals surface area contributed by atoms with Crippen LogP contribution >= 0.6 is 23.2 Å². The maximum absolute atomic E-state index is 13.1. The predicted octanol–water partition coefficient (Wildman–Crippen LogP) is 8.19. The van der Waals surface area contributed by atoms with Crippen molar-refractivity contribution >= 4 is 46.2 Å². The van der Waals surface area contributed by atoms with Crippen molar-refractivity contribution in [3.8, 4) is 11.1 Å². The van der Waals surface area contributed by atoms with Crippen LogP contribution in [0.2, 0.25) is 10.0 Å². The Labute approximate surface area is 243 Å². The number of hydrogen-bond acceptors (Lipinski definition) is 3. The molecule has 0 aliphatic rings. The van der Waals surface area contributed by atoms with Gasteiger partial charge in [-0.3, -0.25) is 4.79 Å². The van der Waals surface area contributed by atoms with Crippen molar-refractivity contribution in [3.63, 3.8) is 0 Å². The van der Waals surface area contributed by atoms with Gasteiger partial charge in [0.2, 0.25) is 0 Å². The largest absolute Gasteiger partial charge is 0.373 e. The second-order valence-electron chi connectivity index (χ2n) is 9.51. The lowest BCUT2D eigenvalue weighted by Gasteiger charge is -2.17. The number of carbonyl (C=O) groups is 1. The molecule has 0 saturated heterocycles. The third-order valence-electron chi connectivity index (χ3n) is 7.08. The number of hydrogen-bond donors (Lipinski definition) is 1. The SMILES string of the molecule is Cc1c(C)n(Cc2ccc(-c3ccccc3)cc2)c2ccc(C(=O)N[C@@H](C)c3c(Cl)cccc3Cl)cc12.O=C=O. The van der Waals surface area contributed by atoms with Crippen molar-refractivity contribution in [1.29, 1.82) is 0 Å². The highest BCUT2D eigenvalue weighted by Gasteiger charge is 2.19. The van der Waals surface area contributed by atoms with Gasteiger partial charge in [0.25, 0.3) is 5.91 Å². The van der Waals surface area contributed by atoms with Crippen molar-refractivity contribution in [2.45, 2.75) is 33.4 Å². The van der Waals surface area contributed by atoms with Gasteiger partial charge in [-0.25, -0.2) is 0 Å². The van der Waals surface area contributed by atoms with Crippen molar-refractivity contribution in [2.75, 3.05) is 0 Å². The van der Waals surface area contributed by atoms with E-state index in [0.717, 1.165) is 23.0 Å². The summed E-state index contributed by atoms with van der Waals surface area (Å²) < 4.78 is 2.32. The van der Waals surface area contributed by atoms with Crippen LogP contribution in [0.3, 0.4) is 0 Å². The molecule has 0 saturated carbocycles. The number of rotatable bonds is 6. The van der Waals surface area contributed by atoms with Gasteiger partial charge in [0, 0.05) is 44.3 Å². The average molecular weight is 572 g/mol. The molecule has 0 aliphatic carbocycles. The van der Waals surface area contributed by atoms with Crippen LogP contribution in [0, 0.1) is 13.8 Å². The fraction of sp³-hybridized carbons (Fsp3) is 0.152. The smallest absolute Gasteiger partial charge is 0.345 e. The average Bonchev–Trinajstić information content (AvgIpc) is 3.18. The molecule has 7 heteroatoms. The third-order valence-corrected chi connectivity index (χ3v) is 7.74. The van der Waals surface area contributed by atoms with E-state index in [9.17, 15) is 4.79 Å². The summed E-state index contributed by atoms with van der Waals surface area (Å²) in [4.78, 5) is 29.4. The van der Waals surface area contributed by atoms with Crippen LogP contribution in [0.4, 0.5) is 0 Å². The van der Waals surface area contributed by atoms with Crippen LogP contribution in [-0.4, -0.2) is 16.6 Å². The minimum absolute atomic E-state index is 0.160. The highest BCUT2D eigenvalue weighted by Crippen LogP contribution is 2.31. The Balaban J connectivity index is 0.00000118. The molecule has 1 atom stereocenters. The van der Waals surface area contributed by atoms with Gasteiger partial charge in [-0.15, -0.1) is 0 Å². The maximum Gasteiger partial charge on any atom is 0.373 e. The maximum atomic E-state index is 13.1. The van der Waals surface area contributed by atoms with Gasteiger partial charge in [-0.2, -0.15) is 9.59 Å². The van der Waals surface area contributed by atoms with E-state index in [0.29, 0.717) is 15.6 Å². The lowest BCUT2D eigenvalue weighted by atomic mass is 10.0. The molecule has 0 fully saturated rings. The first-order valence-corrected chi connectivity index (χ1v) is 13.5. The lowest BCUT2D eigenvalue weighted by molar-refractivity contribution is -0.191. The monoisotopic (exact) mass is 570 g/mol.